The third-order valence-electron chi connectivity index (χ3n) is 5.08. The first-order chi connectivity index (χ1) is 14.5. The van der Waals surface area contributed by atoms with Crippen LogP contribution in [-0.4, -0.2) is 38.4 Å². The number of carbonyl (C=O) groups excluding carboxylic acids is 1. The first-order valence-corrected chi connectivity index (χ1v) is 10.0. The van der Waals surface area contributed by atoms with Gasteiger partial charge in [0.2, 0.25) is 5.91 Å². The van der Waals surface area contributed by atoms with E-state index in [4.69, 9.17) is 0 Å². The minimum absolute atomic E-state index is 0.133. The number of aromatic nitrogens is 3. The van der Waals surface area contributed by atoms with Gasteiger partial charge in [0, 0.05) is 6.04 Å². The third-order valence-corrected chi connectivity index (χ3v) is 5.08. The van der Waals surface area contributed by atoms with E-state index in [0.29, 0.717) is 25.0 Å². The lowest BCUT2D eigenvalue weighted by molar-refractivity contribution is -0.141. The summed E-state index contributed by atoms with van der Waals surface area (Å²) in [4.78, 5) is 23.6. The molecular formula is C23H26N4O3. The van der Waals surface area contributed by atoms with Crippen LogP contribution in [0.2, 0.25) is 0 Å². The normalized spacial score (nSPS) is 12.8. The molecule has 3 N–H and O–H groups in total. The quantitative estimate of drug-likeness (QED) is 0.479. The van der Waals surface area contributed by atoms with Gasteiger partial charge in [-0.1, -0.05) is 61.5 Å². The molecule has 1 aromatic heterocycles. The van der Waals surface area contributed by atoms with Gasteiger partial charge in [0.05, 0.1) is 24.2 Å². The third kappa shape index (κ3) is 6.27. The first kappa shape index (κ1) is 21.2. The summed E-state index contributed by atoms with van der Waals surface area (Å²) in [5.41, 5.74) is 3.93. The molecule has 156 valence electrons. The van der Waals surface area contributed by atoms with Crippen LogP contribution >= 0.6 is 0 Å². The van der Waals surface area contributed by atoms with E-state index < -0.39 is 11.9 Å². The maximum Gasteiger partial charge on any atom is 0.306 e. The lowest BCUT2D eigenvalue weighted by Crippen LogP contribution is -2.38. The number of hydrogen-bond acceptors (Lipinski definition) is 4. The van der Waals surface area contributed by atoms with Crippen LogP contribution in [0.25, 0.3) is 11.1 Å². The van der Waals surface area contributed by atoms with Crippen LogP contribution in [0.15, 0.2) is 60.8 Å². The Morgan fingerprint density at radius 1 is 1.03 bits per heavy atom. The van der Waals surface area contributed by atoms with Gasteiger partial charge >= 0.3 is 5.97 Å². The molecule has 0 fully saturated rings. The number of hydrogen-bond donors (Lipinski definition) is 3. The monoisotopic (exact) mass is 406 g/mol. The Bertz CT molecular complexity index is 940. The largest absolute Gasteiger partial charge is 0.481 e. The molecule has 3 aromatic rings. The number of aromatic amines is 1. The Balaban J connectivity index is 1.65. The lowest BCUT2D eigenvalue weighted by atomic mass is 9.95. The number of carbonyl (C=O) groups is 2. The van der Waals surface area contributed by atoms with Crippen molar-refractivity contribution in [2.24, 2.45) is 5.92 Å². The second-order valence-corrected chi connectivity index (χ2v) is 7.49. The average molecular weight is 406 g/mol. The molecule has 0 bridgehead atoms. The van der Waals surface area contributed by atoms with E-state index in [2.05, 4.69) is 57.1 Å². The fourth-order valence-electron chi connectivity index (χ4n) is 3.30. The molecule has 1 heterocycles. The Labute approximate surface area is 175 Å². The number of nitrogens with one attached hydrogen (secondary N) is 2. The highest BCUT2D eigenvalue weighted by atomic mass is 16.4. The van der Waals surface area contributed by atoms with Gasteiger partial charge in [0.25, 0.3) is 0 Å². The van der Waals surface area contributed by atoms with Gasteiger partial charge in [-0.15, -0.1) is 0 Å². The summed E-state index contributed by atoms with van der Waals surface area (Å²) in [6, 6.07) is 18.2. The Morgan fingerprint density at radius 3 is 2.37 bits per heavy atom. The zero-order valence-electron chi connectivity index (χ0n) is 16.9. The minimum Gasteiger partial charge on any atom is -0.481 e. The lowest BCUT2D eigenvalue weighted by Gasteiger charge is -2.20. The van der Waals surface area contributed by atoms with E-state index in [1.165, 1.54) is 6.20 Å². The van der Waals surface area contributed by atoms with Crippen LogP contribution in [0, 0.1) is 5.92 Å². The van der Waals surface area contributed by atoms with E-state index in [1.54, 1.807) is 6.92 Å². The number of amides is 1. The zero-order chi connectivity index (χ0) is 21.3. The molecule has 2 aromatic carbocycles. The van der Waals surface area contributed by atoms with E-state index >= 15 is 0 Å². The van der Waals surface area contributed by atoms with Crippen molar-refractivity contribution >= 4 is 11.9 Å². The van der Waals surface area contributed by atoms with Crippen molar-refractivity contribution in [2.45, 2.75) is 38.6 Å². The van der Waals surface area contributed by atoms with E-state index in [0.717, 1.165) is 16.7 Å². The van der Waals surface area contributed by atoms with Gasteiger partial charge in [-0.25, -0.2) is 0 Å². The molecule has 0 spiro atoms. The minimum atomic E-state index is -0.824. The molecule has 7 nitrogen and oxygen atoms in total. The highest BCUT2D eigenvalue weighted by Crippen LogP contribution is 2.20. The smallest absolute Gasteiger partial charge is 0.306 e. The average Bonchev–Trinajstić information content (AvgIpc) is 3.25. The molecule has 30 heavy (non-hydrogen) atoms. The molecule has 0 aliphatic carbocycles. The fourth-order valence-corrected chi connectivity index (χ4v) is 3.30. The van der Waals surface area contributed by atoms with E-state index in [9.17, 15) is 14.7 Å². The molecule has 0 saturated heterocycles. The van der Waals surface area contributed by atoms with Crippen LogP contribution in [0.3, 0.4) is 0 Å². The second-order valence-electron chi connectivity index (χ2n) is 7.49. The standard InChI is InChI=1S/C23H26N4O3/c1-16(23(29)30)7-12-20(25-22(28)14-21-15-24-27-26-21)13-17-8-10-19(11-9-17)18-5-3-2-4-6-18/h2-6,8-11,15-16,20H,7,12-14H2,1H3,(H,25,28)(H,29,30)(H,24,26,27)/t16-,20-/m0/s1. The van der Waals surface area contributed by atoms with Gasteiger partial charge in [-0.3, -0.25) is 9.59 Å². The van der Waals surface area contributed by atoms with E-state index in [-0.39, 0.29) is 18.4 Å². The van der Waals surface area contributed by atoms with Crippen LogP contribution in [-0.2, 0) is 22.4 Å². The Hall–Kier alpha value is -3.48. The van der Waals surface area contributed by atoms with Gasteiger partial charge in [0.15, 0.2) is 0 Å². The Morgan fingerprint density at radius 2 is 1.73 bits per heavy atom. The molecule has 0 aliphatic rings. The van der Waals surface area contributed by atoms with Crippen molar-refractivity contribution in [3.63, 3.8) is 0 Å². The van der Waals surface area contributed by atoms with Gasteiger partial charge in [0.1, 0.15) is 0 Å². The molecule has 3 rings (SSSR count). The SMILES string of the molecule is C[C@@H](CC[C@@H](Cc1ccc(-c2ccccc2)cc1)NC(=O)Cc1cn[nH]n1)C(=O)O. The number of nitrogens with zero attached hydrogens (tertiary/aromatic N) is 2. The van der Waals surface area contributed by atoms with Gasteiger partial charge in [-0.2, -0.15) is 15.4 Å². The summed E-state index contributed by atoms with van der Waals surface area (Å²) in [5, 5.41) is 22.3. The summed E-state index contributed by atoms with van der Waals surface area (Å²) in [7, 11) is 0. The van der Waals surface area contributed by atoms with Crippen LogP contribution in [0.4, 0.5) is 0 Å². The van der Waals surface area contributed by atoms with Crippen LogP contribution in [0.5, 0.6) is 0 Å². The van der Waals surface area contributed by atoms with Crippen molar-refractivity contribution < 1.29 is 14.7 Å². The maximum absolute atomic E-state index is 12.4. The van der Waals surface area contributed by atoms with Crippen molar-refractivity contribution in [1.82, 2.24) is 20.7 Å². The Kier molecular flexibility index (Phi) is 7.32. The predicted octanol–water partition coefficient (Wildman–Crippen LogP) is 3.24. The van der Waals surface area contributed by atoms with Gasteiger partial charge < -0.3 is 10.4 Å². The van der Waals surface area contributed by atoms with E-state index in [1.807, 2.05) is 18.2 Å². The molecular weight excluding hydrogens is 380 g/mol. The molecule has 2 atom stereocenters. The van der Waals surface area contributed by atoms with Gasteiger partial charge in [-0.05, 0) is 36.0 Å². The van der Waals surface area contributed by atoms with Crippen LogP contribution < -0.4 is 5.32 Å². The molecule has 0 saturated carbocycles. The molecule has 0 unspecified atom stereocenters. The second kappa shape index (κ2) is 10.3. The number of carboxylic acid groups (broad SMARTS) is 1. The number of rotatable bonds is 10. The van der Waals surface area contributed by atoms with Crippen LogP contribution in [0.1, 0.15) is 31.0 Å². The topological polar surface area (TPSA) is 108 Å². The maximum atomic E-state index is 12.4. The summed E-state index contributed by atoms with van der Waals surface area (Å²) in [5.74, 6) is -1.44. The molecule has 0 radical (unpaired) electrons. The summed E-state index contributed by atoms with van der Waals surface area (Å²) in [6.45, 7) is 1.69. The fraction of sp³-hybridized carbons (Fsp3) is 0.304. The number of benzene rings is 2. The molecule has 7 heteroatoms. The summed E-state index contributed by atoms with van der Waals surface area (Å²) < 4.78 is 0. The number of carboxylic acids is 1. The van der Waals surface area contributed by atoms with Crippen molar-refractivity contribution in [3.8, 4) is 11.1 Å². The van der Waals surface area contributed by atoms with Crippen molar-refractivity contribution in [3.05, 3.63) is 72.1 Å². The first-order valence-electron chi connectivity index (χ1n) is 10.0. The predicted molar refractivity (Wildman–Crippen MR) is 114 cm³/mol. The summed E-state index contributed by atoms with van der Waals surface area (Å²) in [6.07, 6.45) is 3.36. The zero-order valence-corrected chi connectivity index (χ0v) is 16.9. The molecule has 1 amide bonds. The van der Waals surface area contributed by atoms with Crippen molar-refractivity contribution in [2.75, 3.05) is 0 Å². The number of aliphatic carboxylic acids is 1. The number of H-pyrrole nitrogens is 1. The highest BCUT2D eigenvalue weighted by molar-refractivity contribution is 5.78. The summed E-state index contributed by atoms with van der Waals surface area (Å²) >= 11 is 0. The molecule has 0 aliphatic heterocycles. The van der Waals surface area contributed by atoms with Crippen molar-refractivity contribution in [1.29, 1.82) is 0 Å². The highest BCUT2D eigenvalue weighted by Gasteiger charge is 2.18.